The molecule has 0 bridgehead atoms. The van der Waals surface area contributed by atoms with Gasteiger partial charge in [-0.3, -0.25) is 9.59 Å². The number of benzene rings is 1. The number of nitrogens with zero attached hydrogens (tertiary/aromatic N) is 1. The van der Waals surface area contributed by atoms with E-state index in [2.05, 4.69) is 10.3 Å². The molecule has 1 aromatic carbocycles. The molecule has 1 aliphatic heterocycles. The highest BCUT2D eigenvalue weighted by Crippen LogP contribution is 2.32. The molecular weight excluding hydrogens is 314 g/mol. The fraction of sp³-hybridized carbons (Fsp3) is 0.400. The van der Waals surface area contributed by atoms with Gasteiger partial charge in [0.1, 0.15) is 0 Å². The van der Waals surface area contributed by atoms with Gasteiger partial charge in [0.05, 0.1) is 18.5 Å². The summed E-state index contributed by atoms with van der Waals surface area (Å²) in [6.07, 6.45) is 4.15. The minimum Gasteiger partial charge on any atom is -0.363 e. The molecule has 0 saturated carbocycles. The summed E-state index contributed by atoms with van der Waals surface area (Å²) in [5, 5.41) is 2.93. The minimum absolute atomic E-state index is 0.0800. The number of likely N-dealkylation sites (tertiary alicyclic amines) is 1. The second kappa shape index (κ2) is 7.55. The van der Waals surface area contributed by atoms with Crippen LogP contribution in [0.15, 0.2) is 42.6 Å². The highest BCUT2D eigenvalue weighted by Gasteiger charge is 2.32. The standard InChI is InChI=1S/C20H25N3O2/c1-14-7-9-16(10-8-14)18(22-15(2)24)13-20(25)23-12-4-6-19(23)17-5-3-11-21-17/h3,5,7-11,18-19,21H,4,6,12-13H2,1-2H3,(H,22,24)/t18-,19-/m1/s1. The van der Waals surface area contributed by atoms with Crippen molar-refractivity contribution in [2.24, 2.45) is 0 Å². The van der Waals surface area contributed by atoms with Gasteiger partial charge in [0, 0.05) is 25.4 Å². The first-order chi connectivity index (χ1) is 12.0. The van der Waals surface area contributed by atoms with Crippen molar-refractivity contribution in [3.63, 3.8) is 0 Å². The van der Waals surface area contributed by atoms with Gasteiger partial charge >= 0.3 is 0 Å². The smallest absolute Gasteiger partial charge is 0.225 e. The molecule has 1 saturated heterocycles. The van der Waals surface area contributed by atoms with Crippen LogP contribution < -0.4 is 5.32 Å². The maximum atomic E-state index is 12.9. The number of aromatic nitrogens is 1. The van der Waals surface area contributed by atoms with Gasteiger partial charge in [0.15, 0.2) is 0 Å². The molecule has 1 fully saturated rings. The monoisotopic (exact) mass is 339 g/mol. The Bertz CT molecular complexity index is 722. The molecule has 0 unspecified atom stereocenters. The molecule has 2 aromatic rings. The summed E-state index contributed by atoms with van der Waals surface area (Å²) in [6.45, 7) is 4.28. The summed E-state index contributed by atoms with van der Waals surface area (Å²) in [5.41, 5.74) is 3.20. The molecule has 1 aromatic heterocycles. The van der Waals surface area contributed by atoms with E-state index >= 15 is 0 Å². The predicted molar refractivity (Wildman–Crippen MR) is 96.8 cm³/mol. The van der Waals surface area contributed by atoms with E-state index in [0.717, 1.165) is 36.2 Å². The summed E-state index contributed by atoms with van der Waals surface area (Å²) in [4.78, 5) is 29.7. The van der Waals surface area contributed by atoms with E-state index < -0.39 is 0 Å². The molecule has 2 heterocycles. The number of aryl methyl sites for hydroxylation is 1. The maximum absolute atomic E-state index is 12.9. The van der Waals surface area contributed by atoms with Gasteiger partial charge in [0.25, 0.3) is 0 Å². The van der Waals surface area contributed by atoms with Crippen molar-refractivity contribution >= 4 is 11.8 Å². The van der Waals surface area contributed by atoms with E-state index in [0.29, 0.717) is 0 Å². The van der Waals surface area contributed by atoms with Gasteiger partial charge in [-0.25, -0.2) is 0 Å². The van der Waals surface area contributed by atoms with Gasteiger partial charge in [-0.2, -0.15) is 0 Å². The van der Waals surface area contributed by atoms with Crippen LogP contribution >= 0.6 is 0 Å². The first-order valence-electron chi connectivity index (χ1n) is 8.81. The Morgan fingerprint density at radius 3 is 2.68 bits per heavy atom. The van der Waals surface area contributed by atoms with Crippen LogP contribution in [0.4, 0.5) is 0 Å². The molecule has 2 N–H and O–H groups in total. The molecule has 5 nitrogen and oxygen atoms in total. The van der Waals surface area contributed by atoms with Crippen molar-refractivity contribution in [2.75, 3.05) is 6.54 Å². The molecule has 25 heavy (non-hydrogen) atoms. The van der Waals surface area contributed by atoms with E-state index in [-0.39, 0.29) is 30.3 Å². The van der Waals surface area contributed by atoms with Crippen LogP contribution in [-0.2, 0) is 9.59 Å². The Kier molecular flexibility index (Phi) is 5.22. The first kappa shape index (κ1) is 17.3. The summed E-state index contributed by atoms with van der Waals surface area (Å²) >= 11 is 0. The zero-order valence-electron chi connectivity index (χ0n) is 14.8. The summed E-state index contributed by atoms with van der Waals surface area (Å²) in [6, 6.07) is 11.8. The van der Waals surface area contributed by atoms with E-state index in [1.807, 2.05) is 54.4 Å². The zero-order valence-corrected chi connectivity index (χ0v) is 14.8. The topological polar surface area (TPSA) is 65.2 Å². The van der Waals surface area contributed by atoms with Crippen LogP contribution in [0.25, 0.3) is 0 Å². The van der Waals surface area contributed by atoms with Crippen LogP contribution in [0.1, 0.15) is 55.1 Å². The van der Waals surface area contributed by atoms with E-state index in [1.54, 1.807) is 0 Å². The largest absolute Gasteiger partial charge is 0.363 e. The fourth-order valence-corrected chi connectivity index (χ4v) is 3.53. The normalized spacial score (nSPS) is 18.2. The molecule has 1 aliphatic rings. The maximum Gasteiger partial charge on any atom is 0.225 e. The number of amides is 2. The van der Waals surface area contributed by atoms with Crippen molar-refractivity contribution < 1.29 is 9.59 Å². The number of nitrogens with one attached hydrogen (secondary N) is 2. The third-order valence-corrected chi connectivity index (χ3v) is 4.79. The Morgan fingerprint density at radius 2 is 2.04 bits per heavy atom. The van der Waals surface area contributed by atoms with E-state index in [9.17, 15) is 9.59 Å². The van der Waals surface area contributed by atoms with Crippen molar-refractivity contribution in [3.05, 3.63) is 59.4 Å². The van der Waals surface area contributed by atoms with Crippen molar-refractivity contribution in [1.82, 2.24) is 15.2 Å². The van der Waals surface area contributed by atoms with Crippen LogP contribution in [0.3, 0.4) is 0 Å². The predicted octanol–water partition coefficient (Wildman–Crippen LogP) is 3.25. The molecule has 2 atom stereocenters. The Hall–Kier alpha value is -2.56. The lowest BCUT2D eigenvalue weighted by Crippen LogP contribution is -2.35. The molecule has 5 heteroatoms. The van der Waals surface area contributed by atoms with Crippen molar-refractivity contribution in [2.45, 2.75) is 45.2 Å². The lowest BCUT2D eigenvalue weighted by Gasteiger charge is -2.27. The van der Waals surface area contributed by atoms with Gasteiger partial charge < -0.3 is 15.2 Å². The van der Waals surface area contributed by atoms with Crippen LogP contribution in [-0.4, -0.2) is 28.2 Å². The third kappa shape index (κ3) is 4.10. The molecule has 2 amide bonds. The summed E-state index contributed by atoms with van der Waals surface area (Å²) in [7, 11) is 0. The number of rotatable bonds is 5. The second-order valence-corrected chi connectivity index (χ2v) is 6.74. The average Bonchev–Trinajstić information content (AvgIpc) is 3.25. The van der Waals surface area contributed by atoms with E-state index in [4.69, 9.17) is 0 Å². The molecule has 3 rings (SSSR count). The molecule has 0 spiro atoms. The second-order valence-electron chi connectivity index (χ2n) is 6.74. The lowest BCUT2D eigenvalue weighted by molar-refractivity contribution is -0.133. The molecular formula is C20H25N3O2. The van der Waals surface area contributed by atoms with Gasteiger partial charge in [-0.05, 0) is 37.5 Å². The first-order valence-corrected chi connectivity index (χ1v) is 8.81. The number of aromatic amines is 1. The van der Waals surface area contributed by atoms with Gasteiger partial charge in [0.2, 0.25) is 11.8 Å². The molecule has 132 valence electrons. The minimum atomic E-state index is -0.296. The molecule has 0 radical (unpaired) electrons. The number of hydrogen-bond acceptors (Lipinski definition) is 2. The highest BCUT2D eigenvalue weighted by atomic mass is 16.2. The highest BCUT2D eigenvalue weighted by molar-refractivity contribution is 5.79. The van der Waals surface area contributed by atoms with Gasteiger partial charge in [-0.1, -0.05) is 29.8 Å². The quantitative estimate of drug-likeness (QED) is 0.878. The number of carbonyl (C=O) groups excluding carboxylic acids is 2. The van der Waals surface area contributed by atoms with Crippen molar-refractivity contribution in [1.29, 1.82) is 0 Å². The SMILES string of the molecule is CC(=O)N[C@H](CC(=O)N1CCC[C@@H]1c1ccc[nH]1)c1ccc(C)cc1. The average molecular weight is 339 g/mol. The summed E-state index contributed by atoms with van der Waals surface area (Å²) < 4.78 is 0. The fourth-order valence-electron chi connectivity index (χ4n) is 3.53. The summed E-state index contributed by atoms with van der Waals surface area (Å²) in [5.74, 6) is -0.0443. The molecule has 0 aliphatic carbocycles. The van der Waals surface area contributed by atoms with Crippen molar-refractivity contribution in [3.8, 4) is 0 Å². The van der Waals surface area contributed by atoms with Crippen LogP contribution in [0.5, 0.6) is 0 Å². The zero-order chi connectivity index (χ0) is 17.8. The number of H-pyrrole nitrogens is 1. The Morgan fingerprint density at radius 1 is 1.28 bits per heavy atom. The van der Waals surface area contributed by atoms with E-state index in [1.165, 1.54) is 6.92 Å². The van der Waals surface area contributed by atoms with Crippen LogP contribution in [0.2, 0.25) is 0 Å². The lowest BCUT2D eigenvalue weighted by atomic mass is 10.0. The third-order valence-electron chi connectivity index (χ3n) is 4.79. The van der Waals surface area contributed by atoms with Crippen LogP contribution in [0, 0.1) is 6.92 Å². The Balaban J connectivity index is 1.75. The number of carbonyl (C=O) groups is 2. The number of hydrogen-bond donors (Lipinski definition) is 2. The Labute approximate surface area is 148 Å². The van der Waals surface area contributed by atoms with Gasteiger partial charge in [-0.15, -0.1) is 0 Å².